The molecule has 2 aromatic heterocycles. The molecule has 2 aromatic carbocycles. The quantitative estimate of drug-likeness (QED) is 0.385. The van der Waals surface area contributed by atoms with Crippen molar-refractivity contribution in [3.05, 3.63) is 64.1 Å². The molecule has 9 heteroatoms. The van der Waals surface area contributed by atoms with Crippen LogP contribution in [0.2, 0.25) is 0 Å². The fraction of sp³-hybridized carbons (Fsp3) is 0.143. The van der Waals surface area contributed by atoms with Crippen molar-refractivity contribution in [3.63, 3.8) is 0 Å². The van der Waals surface area contributed by atoms with E-state index in [1.807, 2.05) is 0 Å². The second-order valence-electron chi connectivity index (χ2n) is 6.57. The number of aromatic nitrogens is 2. The van der Waals surface area contributed by atoms with E-state index in [1.54, 1.807) is 43.3 Å². The molecule has 2 N–H and O–H groups in total. The van der Waals surface area contributed by atoms with Gasteiger partial charge in [-0.2, -0.15) is 5.10 Å². The van der Waals surface area contributed by atoms with E-state index in [2.05, 4.69) is 15.5 Å². The van der Waals surface area contributed by atoms with Crippen molar-refractivity contribution in [1.82, 2.24) is 10.2 Å². The molecule has 0 bridgehead atoms. The zero-order valence-corrected chi connectivity index (χ0v) is 16.1. The normalized spacial score (nSPS) is 10.9. The Labute approximate surface area is 169 Å². The molecule has 0 aliphatic carbocycles. The van der Waals surface area contributed by atoms with Gasteiger partial charge < -0.3 is 19.2 Å². The molecular formula is C21H17N3O6. The molecule has 0 saturated heterocycles. The first-order valence-electron chi connectivity index (χ1n) is 8.98. The SMILES string of the molecule is COC(=O)c1n[nH]c2ccc(NC(=O)COc3ccc4oc(=O)cc(C)c4c3)cc12. The van der Waals surface area contributed by atoms with Crippen LogP contribution in [0, 0.1) is 6.92 Å². The van der Waals surface area contributed by atoms with Gasteiger partial charge in [0, 0.05) is 22.5 Å². The number of hydrogen-bond donors (Lipinski definition) is 2. The minimum Gasteiger partial charge on any atom is -0.484 e. The topological polar surface area (TPSA) is 124 Å². The van der Waals surface area contributed by atoms with Gasteiger partial charge in [-0.25, -0.2) is 9.59 Å². The number of rotatable bonds is 5. The average Bonchev–Trinajstić information content (AvgIpc) is 3.15. The van der Waals surface area contributed by atoms with Crippen LogP contribution >= 0.6 is 0 Å². The lowest BCUT2D eigenvalue weighted by atomic mass is 10.1. The smallest absolute Gasteiger partial charge is 0.359 e. The fourth-order valence-corrected chi connectivity index (χ4v) is 3.08. The maximum absolute atomic E-state index is 12.3. The highest BCUT2D eigenvalue weighted by Crippen LogP contribution is 2.23. The standard InChI is InChI=1S/C21H17N3O6/c1-11-7-19(26)30-17-6-4-13(9-14(11)17)29-10-18(25)22-12-3-5-16-15(8-12)20(24-23-16)21(27)28-2/h3-9H,10H2,1-2H3,(H,22,25)(H,23,24). The Morgan fingerprint density at radius 2 is 1.97 bits per heavy atom. The Hall–Kier alpha value is -4.14. The number of carbonyl (C=O) groups excluding carboxylic acids is 2. The predicted octanol–water partition coefficient (Wildman–Crippen LogP) is 2.78. The molecule has 9 nitrogen and oxygen atoms in total. The van der Waals surface area contributed by atoms with Crippen molar-refractivity contribution in [2.45, 2.75) is 6.92 Å². The first-order valence-corrected chi connectivity index (χ1v) is 8.98. The van der Waals surface area contributed by atoms with Gasteiger partial charge in [0.2, 0.25) is 0 Å². The van der Waals surface area contributed by atoms with E-state index in [4.69, 9.17) is 13.9 Å². The van der Waals surface area contributed by atoms with Crippen LogP contribution < -0.4 is 15.7 Å². The third kappa shape index (κ3) is 3.72. The predicted molar refractivity (Wildman–Crippen MR) is 109 cm³/mol. The molecule has 152 valence electrons. The molecule has 0 saturated carbocycles. The largest absolute Gasteiger partial charge is 0.484 e. The van der Waals surface area contributed by atoms with Gasteiger partial charge in [0.25, 0.3) is 5.91 Å². The Bertz CT molecular complexity index is 1340. The molecule has 0 fully saturated rings. The van der Waals surface area contributed by atoms with Gasteiger partial charge in [0.15, 0.2) is 12.3 Å². The molecule has 30 heavy (non-hydrogen) atoms. The number of benzene rings is 2. The highest BCUT2D eigenvalue weighted by atomic mass is 16.5. The van der Waals surface area contributed by atoms with Crippen LogP contribution in [0.1, 0.15) is 16.1 Å². The van der Waals surface area contributed by atoms with Crippen LogP contribution in [0.15, 0.2) is 51.7 Å². The summed E-state index contributed by atoms with van der Waals surface area (Å²) in [5.74, 6) is -0.489. The van der Waals surface area contributed by atoms with E-state index in [0.717, 1.165) is 10.9 Å². The van der Waals surface area contributed by atoms with Crippen LogP contribution in [0.25, 0.3) is 21.9 Å². The van der Waals surface area contributed by atoms with Crippen LogP contribution in [0.5, 0.6) is 5.75 Å². The van der Waals surface area contributed by atoms with E-state index in [0.29, 0.717) is 27.9 Å². The number of esters is 1. The molecule has 1 amide bonds. The number of methoxy groups -OCH3 is 1. The summed E-state index contributed by atoms with van der Waals surface area (Å²) in [4.78, 5) is 35.5. The number of aromatic amines is 1. The Morgan fingerprint density at radius 3 is 2.77 bits per heavy atom. The summed E-state index contributed by atoms with van der Waals surface area (Å²) in [6.07, 6.45) is 0. The number of carbonyl (C=O) groups is 2. The summed E-state index contributed by atoms with van der Waals surface area (Å²) in [7, 11) is 1.27. The highest BCUT2D eigenvalue weighted by molar-refractivity contribution is 6.04. The van der Waals surface area contributed by atoms with Crippen LogP contribution in [0.3, 0.4) is 0 Å². The lowest BCUT2D eigenvalue weighted by molar-refractivity contribution is -0.118. The fourth-order valence-electron chi connectivity index (χ4n) is 3.08. The van der Waals surface area contributed by atoms with Crippen molar-refractivity contribution in [1.29, 1.82) is 0 Å². The maximum Gasteiger partial charge on any atom is 0.359 e. The minimum absolute atomic E-state index is 0.137. The Balaban J connectivity index is 1.47. The van der Waals surface area contributed by atoms with Gasteiger partial charge in [0.1, 0.15) is 11.3 Å². The minimum atomic E-state index is -0.574. The number of nitrogens with zero attached hydrogens (tertiary/aromatic N) is 1. The van der Waals surface area contributed by atoms with Crippen LogP contribution in [-0.4, -0.2) is 35.8 Å². The summed E-state index contributed by atoms with van der Waals surface area (Å²) in [6.45, 7) is 1.57. The van der Waals surface area contributed by atoms with E-state index in [-0.39, 0.29) is 18.2 Å². The van der Waals surface area contributed by atoms with E-state index < -0.39 is 11.6 Å². The molecule has 0 aliphatic heterocycles. The van der Waals surface area contributed by atoms with Crippen molar-refractivity contribution >= 4 is 39.4 Å². The van der Waals surface area contributed by atoms with Crippen LogP contribution in [-0.2, 0) is 9.53 Å². The number of anilines is 1. The Morgan fingerprint density at radius 1 is 1.13 bits per heavy atom. The van der Waals surface area contributed by atoms with E-state index in [9.17, 15) is 14.4 Å². The number of H-pyrrole nitrogens is 1. The number of ether oxygens (including phenoxy) is 2. The summed E-state index contributed by atoms with van der Waals surface area (Å²) >= 11 is 0. The molecule has 0 aliphatic rings. The lowest BCUT2D eigenvalue weighted by Crippen LogP contribution is -2.20. The molecule has 0 atom stereocenters. The first-order chi connectivity index (χ1) is 14.4. The van der Waals surface area contributed by atoms with Crippen molar-refractivity contribution in [3.8, 4) is 5.75 Å². The number of nitrogens with one attached hydrogen (secondary N) is 2. The highest BCUT2D eigenvalue weighted by Gasteiger charge is 2.15. The van der Waals surface area contributed by atoms with Gasteiger partial charge in [-0.15, -0.1) is 0 Å². The third-order valence-corrected chi connectivity index (χ3v) is 4.52. The third-order valence-electron chi connectivity index (χ3n) is 4.52. The zero-order valence-electron chi connectivity index (χ0n) is 16.1. The number of amides is 1. The monoisotopic (exact) mass is 407 g/mol. The molecular weight excluding hydrogens is 390 g/mol. The zero-order chi connectivity index (χ0) is 21.3. The summed E-state index contributed by atoms with van der Waals surface area (Å²) in [5, 5.41) is 10.7. The number of aryl methyl sites for hydroxylation is 1. The van der Waals surface area contributed by atoms with Crippen molar-refractivity contribution in [2.75, 3.05) is 19.0 Å². The molecule has 0 radical (unpaired) electrons. The van der Waals surface area contributed by atoms with Crippen molar-refractivity contribution < 1.29 is 23.5 Å². The number of hydrogen-bond acceptors (Lipinski definition) is 7. The van der Waals surface area contributed by atoms with E-state index in [1.165, 1.54) is 13.2 Å². The van der Waals surface area contributed by atoms with Gasteiger partial charge >= 0.3 is 11.6 Å². The van der Waals surface area contributed by atoms with Gasteiger partial charge in [0.05, 0.1) is 12.6 Å². The second kappa shape index (κ2) is 7.70. The molecule has 4 rings (SSSR count). The maximum atomic E-state index is 12.3. The second-order valence-corrected chi connectivity index (χ2v) is 6.57. The first kappa shape index (κ1) is 19.2. The van der Waals surface area contributed by atoms with Crippen LogP contribution in [0.4, 0.5) is 5.69 Å². The average molecular weight is 407 g/mol. The molecule has 0 unspecified atom stereocenters. The summed E-state index contributed by atoms with van der Waals surface area (Å²) in [6, 6.07) is 11.4. The number of fused-ring (bicyclic) bond motifs is 2. The molecule has 0 spiro atoms. The van der Waals surface area contributed by atoms with Crippen molar-refractivity contribution in [2.24, 2.45) is 0 Å². The molecule has 2 heterocycles. The summed E-state index contributed by atoms with van der Waals surface area (Å²) < 4.78 is 15.4. The Kier molecular flexibility index (Phi) is 4.93. The van der Waals surface area contributed by atoms with Gasteiger partial charge in [-0.3, -0.25) is 9.89 Å². The summed E-state index contributed by atoms with van der Waals surface area (Å²) in [5.41, 5.74) is 2.05. The van der Waals surface area contributed by atoms with E-state index >= 15 is 0 Å². The molecule has 4 aromatic rings. The van der Waals surface area contributed by atoms with Gasteiger partial charge in [-0.1, -0.05) is 0 Å². The lowest BCUT2D eigenvalue weighted by Gasteiger charge is -2.09. The van der Waals surface area contributed by atoms with Gasteiger partial charge in [-0.05, 0) is 48.9 Å².